The van der Waals surface area contributed by atoms with Gasteiger partial charge in [-0.3, -0.25) is 0 Å². The van der Waals surface area contributed by atoms with Crippen molar-refractivity contribution in [3.63, 3.8) is 0 Å². The van der Waals surface area contributed by atoms with Gasteiger partial charge in [-0.1, -0.05) is 28.1 Å². The summed E-state index contributed by atoms with van der Waals surface area (Å²) in [6, 6.07) is 10.2. The van der Waals surface area contributed by atoms with Crippen LogP contribution in [-0.2, 0) is 0 Å². The molecule has 0 bridgehead atoms. The Bertz CT molecular complexity index is 657. The molecule has 0 saturated heterocycles. The Hall–Kier alpha value is -1.39. The monoisotopic (exact) mass is 336 g/mol. The number of fused-ring (bicyclic) bond motifs is 1. The Labute approximate surface area is 125 Å². The molecular formula is C16H14BrFO2. The Morgan fingerprint density at radius 1 is 1.20 bits per heavy atom. The van der Waals surface area contributed by atoms with Gasteiger partial charge in [0.05, 0.1) is 6.10 Å². The fourth-order valence-electron chi connectivity index (χ4n) is 2.61. The highest BCUT2D eigenvalue weighted by atomic mass is 79.9. The topological polar surface area (TPSA) is 29.5 Å². The van der Waals surface area contributed by atoms with Crippen LogP contribution in [0.25, 0.3) is 0 Å². The highest BCUT2D eigenvalue weighted by molar-refractivity contribution is 9.10. The summed E-state index contributed by atoms with van der Waals surface area (Å²) in [5.41, 5.74) is 2.54. The van der Waals surface area contributed by atoms with E-state index in [1.54, 1.807) is 6.07 Å². The molecule has 20 heavy (non-hydrogen) atoms. The van der Waals surface area contributed by atoms with E-state index in [1.165, 1.54) is 12.1 Å². The van der Waals surface area contributed by atoms with Crippen molar-refractivity contribution in [2.24, 2.45) is 0 Å². The van der Waals surface area contributed by atoms with Gasteiger partial charge in [0.25, 0.3) is 0 Å². The van der Waals surface area contributed by atoms with E-state index in [0.717, 1.165) is 21.2 Å². The highest BCUT2D eigenvalue weighted by Crippen LogP contribution is 2.42. The minimum atomic E-state index is -0.568. The van der Waals surface area contributed by atoms with E-state index in [4.69, 9.17) is 4.74 Å². The maximum absolute atomic E-state index is 13.2. The Morgan fingerprint density at radius 3 is 2.70 bits per heavy atom. The minimum absolute atomic E-state index is 0.257. The van der Waals surface area contributed by atoms with E-state index in [-0.39, 0.29) is 11.9 Å². The second-order valence-corrected chi connectivity index (χ2v) is 5.96. The van der Waals surface area contributed by atoms with Crippen LogP contribution in [0.1, 0.15) is 35.3 Å². The molecule has 0 saturated carbocycles. The van der Waals surface area contributed by atoms with Gasteiger partial charge < -0.3 is 9.84 Å². The molecule has 104 valence electrons. The van der Waals surface area contributed by atoms with Crippen molar-refractivity contribution in [1.82, 2.24) is 0 Å². The van der Waals surface area contributed by atoms with Crippen molar-refractivity contribution in [1.29, 1.82) is 0 Å². The minimum Gasteiger partial charge on any atom is -0.485 e. The first-order chi connectivity index (χ1) is 9.54. The molecule has 2 aromatic carbocycles. The zero-order valence-corrected chi connectivity index (χ0v) is 12.5. The Kier molecular flexibility index (Phi) is 3.52. The normalized spacial score (nSPS) is 21.2. The molecule has 2 aromatic rings. The fourth-order valence-corrected chi connectivity index (χ4v) is 2.95. The Morgan fingerprint density at radius 2 is 1.95 bits per heavy atom. The molecule has 1 aliphatic rings. The second kappa shape index (κ2) is 5.19. The zero-order valence-electron chi connectivity index (χ0n) is 10.9. The molecule has 1 N–H and O–H groups in total. The molecule has 0 radical (unpaired) electrons. The molecule has 1 aliphatic heterocycles. The smallest absolute Gasteiger partial charge is 0.127 e. The third-order valence-corrected chi connectivity index (χ3v) is 4.11. The van der Waals surface area contributed by atoms with Gasteiger partial charge in [0.2, 0.25) is 0 Å². The fraction of sp³-hybridized carbons (Fsp3) is 0.250. The van der Waals surface area contributed by atoms with E-state index in [2.05, 4.69) is 15.9 Å². The second-order valence-electron chi connectivity index (χ2n) is 5.04. The quantitative estimate of drug-likeness (QED) is 0.833. The molecule has 1 unspecified atom stereocenters. The number of ether oxygens (including phenoxy) is 1. The van der Waals surface area contributed by atoms with Crippen LogP contribution in [0.4, 0.5) is 4.39 Å². The van der Waals surface area contributed by atoms with Crippen molar-refractivity contribution in [2.75, 3.05) is 0 Å². The number of benzene rings is 2. The molecule has 0 aromatic heterocycles. The predicted molar refractivity (Wildman–Crippen MR) is 78.2 cm³/mol. The van der Waals surface area contributed by atoms with E-state index in [9.17, 15) is 9.50 Å². The molecule has 0 fully saturated rings. The highest BCUT2D eigenvalue weighted by Gasteiger charge is 2.29. The summed E-state index contributed by atoms with van der Waals surface area (Å²) in [4.78, 5) is 0. The first-order valence-electron chi connectivity index (χ1n) is 6.45. The van der Waals surface area contributed by atoms with E-state index in [0.29, 0.717) is 12.2 Å². The van der Waals surface area contributed by atoms with Gasteiger partial charge in [-0.05, 0) is 42.3 Å². The summed E-state index contributed by atoms with van der Waals surface area (Å²) in [5, 5.41) is 10.3. The van der Waals surface area contributed by atoms with Crippen LogP contribution in [0.15, 0.2) is 40.9 Å². The lowest BCUT2D eigenvalue weighted by Crippen LogP contribution is -2.19. The summed E-state index contributed by atoms with van der Waals surface area (Å²) in [6.07, 6.45) is -0.352. The third-order valence-electron chi connectivity index (χ3n) is 3.62. The van der Waals surface area contributed by atoms with Gasteiger partial charge in [-0.15, -0.1) is 0 Å². The van der Waals surface area contributed by atoms with Crippen molar-refractivity contribution in [2.45, 2.75) is 25.6 Å². The van der Waals surface area contributed by atoms with E-state index >= 15 is 0 Å². The van der Waals surface area contributed by atoms with Crippen molar-refractivity contribution in [3.8, 4) is 5.75 Å². The number of aryl methyl sites for hydroxylation is 1. The van der Waals surface area contributed by atoms with Gasteiger partial charge in [0.1, 0.15) is 17.7 Å². The van der Waals surface area contributed by atoms with Gasteiger partial charge in [-0.25, -0.2) is 4.39 Å². The molecule has 0 spiro atoms. The van der Waals surface area contributed by atoms with Crippen LogP contribution in [0.5, 0.6) is 5.75 Å². The Balaban J connectivity index is 1.98. The van der Waals surface area contributed by atoms with Crippen LogP contribution < -0.4 is 4.74 Å². The van der Waals surface area contributed by atoms with Gasteiger partial charge in [0, 0.05) is 16.5 Å². The summed E-state index contributed by atoms with van der Waals surface area (Å²) in [7, 11) is 0. The molecule has 0 amide bonds. The van der Waals surface area contributed by atoms with Crippen LogP contribution in [-0.4, -0.2) is 5.11 Å². The molecule has 2 nitrogen and oxygen atoms in total. The summed E-state index contributed by atoms with van der Waals surface area (Å²) in [5.74, 6) is 0.414. The average Bonchev–Trinajstić information content (AvgIpc) is 2.37. The molecule has 1 heterocycles. The summed E-state index contributed by atoms with van der Waals surface area (Å²) in [6.45, 7) is 1.85. The average molecular weight is 337 g/mol. The van der Waals surface area contributed by atoms with E-state index in [1.807, 2.05) is 25.1 Å². The predicted octanol–water partition coefficient (Wildman–Crippen LogP) is 4.45. The summed E-state index contributed by atoms with van der Waals surface area (Å²) < 4.78 is 20.1. The standard InChI is InChI=1S/C16H14BrFO2/c1-9-6-11(18)3-5-12(9)16-8-14(19)13-4-2-10(17)7-15(13)20-16/h2-7,14,16,19H,8H2,1H3/t14-,16?/m1/s1. The van der Waals surface area contributed by atoms with Gasteiger partial charge in [-0.2, -0.15) is 0 Å². The molecule has 3 rings (SSSR count). The largest absolute Gasteiger partial charge is 0.485 e. The van der Waals surface area contributed by atoms with Crippen LogP contribution >= 0.6 is 15.9 Å². The zero-order chi connectivity index (χ0) is 14.3. The molecular weight excluding hydrogens is 323 g/mol. The number of aliphatic hydroxyl groups excluding tert-OH is 1. The number of hydrogen-bond acceptors (Lipinski definition) is 2. The number of aliphatic hydroxyl groups is 1. The van der Waals surface area contributed by atoms with Crippen LogP contribution in [0, 0.1) is 12.7 Å². The summed E-state index contributed by atoms with van der Waals surface area (Å²) >= 11 is 3.40. The number of hydrogen-bond donors (Lipinski definition) is 1. The lowest BCUT2D eigenvalue weighted by atomic mass is 9.93. The van der Waals surface area contributed by atoms with Crippen LogP contribution in [0.3, 0.4) is 0 Å². The molecule has 4 heteroatoms. The van der Waals surface area contributed by atoms with Crippen LogP contribution in [0.2, 0.25) is 0 Å². The molecule has 0 aliphatic carbocycles. The van der Waals surface area contributed by atoms with Crippen molar-refractivity contribution >= 4 is 15.9 Å². The van der Waals surface area contributed by atoms with Gasteiger partial charge in [0.15, 0.2) is 0 Å². The van der Waals surface area contributed by atoms with E-state index < -0.39 is 6.10 Å². The molecule has 2 atom stereocenters. The first kappa shape index (κ1) is 13.6. The lowest BCUT2D eigenvalue weighted by Gasteiger charge is -2.30. The number of rotatable bonds is 1. The number of halogens is 2. The maximum Gasteiger partial charge on any atom is 0.127 e. The lowest BCUT2D eigenvalue weighted by molar-refractivity contribution is 0.0653. The third kappa shape index (κ3) is 2.45. The SMILES string of the molecule is Cc1cc(F)ccc1C1C[C@@H](O)c2ccc(Br)cc2O1. The van der Waals surface area contributed by atoms with Crippen molar-refractivity contribution < 1.29 is 14.2 Å². The maximum atomic E-state index is 13.2. The first-order valence-corrected chi connectivity index (χ1v) is 7.24. The van der Waals surface area contributed by atoms with Crippen molar-refractivity contribution in [3.05, 3.63) is 63.4 Å². The van der Waals surface area contributed by atoms with Gasteiger partial charge >= 0.3 is 0 Å².